The number of aliphatic hydroxyl groups is 3. The smallest absolute Gasteiger partial charge is 0.255 e. The summed E-state index contributed by atoms with van der Waals surface area (Å²) in [6.45, 7) is 0.674. The standard InChI is InChI=1S/C33H36N2O8/c1-43-25-10-7-16(15-35-19-5-3-2-4-6-19)11-21(25)20-8-9-23(36)27-22(20)13-17-12-18-14-24(37)28(32(34)41)31(40)33(18,42)30(39)26(17)29(27)38/h7-11,17-19,35-36,38,40,42H,2-6,12-15H2,1H3,(H2,34,41)/t17-,18+,33+/m1/s1. The fraction of sp³-hybridized carbons (Fsp3) is 0.424. The van der Waals surface area contributed by atoms with Gasteiger partial charge < -0.3 is 36.2 Å². The van der Waals surface area contributed by atoms with Gasteiger partial charge in [0.05, 0.1) is 12.7 Å². The maximum atomic E-state index is 13.8. The van der Waals surface area contributed by atoms with Gasteiger partial charge in [-0.15, -0.1) is 0 Å². The Kier molecular flexibility index (Phi) is 7.30. The number of primary amides is 1. The van der Waals surface area contributed by atoms with Crippen LogP contribution < -0.4 is 15.8 Å². The van der Waals surface area contributed by atoms with Crippen LogP contribution in [0, 0.1) is 11.8 Å². The van der Waals surface area contributed by atoms with E-state index in [-0.39, 0.29) is 36.1 Å². The predicted molar refractivity (Wildman–Crippen MR) is 157 cm³/mol. The molecule has 2 aromatic rings. The SMILES string of the molecule is COc1ccc(CNC2CCCCC2)cc1-c1ccc(O)c2c1C[C@H]1C[C@H]3CC(=O)C(C(N)=O)=C(O)[C@@]3(O)C(=O)C1=C2O. The van der Waals surface area contributed by atoms with E-state index >= 15 is 0 Å². The number of nitrogens with one attached hydrogen (secondary N) is 1. The summed E-state index contributed by atoms with van der Waals surface area (Å²) in [7, 11) is 1.57. The summed E-state index contributed by atoms with van der Waals surface area (Å²) in [5.74, 6) is -5.91. The molecule has 3 atom stereocenters. The second-order valence-corrected chi connectivity index (χ2v) is 12.1. The molecular weight excluding hydrogens is 552 g/mol. The lowest BCUT2D eigenvalue weighted by atomic mass is 9.59. The van der Waals surface area contributed by atoms with Gasteiger partial charge in [-0.1, -0.05) is 31.4 Å². The Morgan fingerprint density at radius 2 is 1.79 bits per heavy atom. The van der Waals surface area contributed by atoms with Crippen molar-refractivity contribution in [2.24, 2.45) is 17.6 Å². The number of aliphatic hydroxyl groups excluding tert-OH is 2. The number of amides is 1. The molecule has 7 N–H and O–H groups in total. The van der Waals surface area contributed by atoms with Gasteiger partial charge in [0.1, 0.15) is 28.6 Å². The number of ether oxygens (including phenoxy) is 1. The van der Waals surface area contributed by atoms with Crippen LogP contribution in [0.5, 0.6) is 11.5 Å². The number of benzene rings is 2. The van der Waals surface area contributed by atoms with Crippen LogP contribution in [0.2, 0.25) is 0 Å². The van der Waals surface area contributed by atoms with E-state index in [1.807, 2.05) is 18.2 Å². The molecule has 0 aliphatic heterocycles. The molecule has 0 unspecified atom stereocenters. The van der Waals surface area contributed by atoms with E-state index in [0.29, 0.717) is 29.5 Å². The molecular formula is C33H36N2O8. The average Bonchev–Trinajstić information content (AvgIpc) is 2.98. The van der Waals surface area contributed by atoms with E-state index in [0.717, 1.165) is 24.0 Å². The zero-order chi connectivity index (χ0) is 30.6. The number of carbonyl (C=O) groups is 3. The monoisotopic (exact) mass is 588 g/mol. The van der Waals surface area contributed by atoms with Gasteiger partial charge in [-0.05, 0) is 66.5 Å². The highest BCUT2D eigenvalue weighted by Crippen LogP contribution is 2.53. The Bertz CT molecular complexity index is 1600. The van der Waals surface area contributed by atoms with E-state index < -0.39 is 52.0 Å². The number of nitrogens with two attached hydrogens (primary N) is 1. The van der Waals surface area contributed by atoms with E-state index in [4.69, 9.17) is 10.5 Å². The Balaban J connectivity index is 1.43. The quantitative estimate of drug-likeness (QED) is 0.275. The molecule has 6 rings (SSSR count). The number of carbonyl (C=O) groups excluding carboxylic acids is 3. The van der Waals surface area contributed by atoms with Gasteiger partial charge in [-0.3, -0.25) is 14.4 Å². The van der Waals surface area contributed by atoms with E-state index in [1.165, 1.54) is 25.3 Å². The third kappa shape index (κ3) is 4.60. The van der Waals surface area contributed by atoms with Crippen LogP contribution in [-0.4, -0.2) is 56.7 Å². The Morgan fingerprint density at radius 3 is 2.49 bits per heavy atom. The summed E-state index contributed by atoms with van der Waals surface area (Å²) < 4.78 is 5.71. The molecule has 0 saturated heterocycles. The fourth-order valence-corrected chi connectivity index (χ4v) is 7.52. The zero-order valence-electron chi connectivity index (χ0n) is 24.0. The largest absolute Gasteiger partial charge is 0.508 e. The van der Waals surface area contributed by atoms with Crippen molar-refractivity contribution in [2.75, 3.05) is 7.11 Å². The molecule has 2 aromatic carbocycles. The van der Waals surface area contributed by atoms with Crippen LogP contribution in [0.25, 0.3) is 16.9 Å². The number of aromatic hydroxyl groups is 1. The molecule has 10 nitrogen and oxygen atoms in total. The van der Waals surface area contributed by atoms with Gasteiger partial charge in [0.15, 0.2) is 11.4 Å². The van der Waals surface area contributed by atoms with Crippen molar-refractivity contribution in [1.82, 2.24) is 5.32 Å². The summed E-state index contributed by atoms with van der Waals surface area (Å²) in [6.07, 6.45) is 5.95. The number of hydrogen-bond acceptors (Lipinski definition) is 9. The van der Waals surface area contributed by atoms with Crippen LogP contribution in [0.15, 0.2) is 47.2 Å². The first kappa shape index (κ1) is 28.9. The molecule has 10 heteroatoms. The number of phenolic OH excluding ortho intramolecular Hbond substituents is 1. The summed E-state index contributed by atoms with van der Waals surface area (Å²) in [4.78, 5) is 38.3. The predicted octanol–water partition coefficient (Wildman–Crippen LogP) is 3.52. The van der Waals surface area contributed by atoms with Gasteiger partial charge in [0.25, 0.3) is 5.91 Å². The normalized spacial score (nSPS) is 25.7. The third-order valence-electron chi connectivity index (χ3n) is 9.70. The third-order valence-corrected chi connectivity index (χ3v) is 9.70. The zero-order valence-corrected chi connectivity index (χ0v) is 24.0. The highest BCUT2D eigenvalue weighted by Gasteiger charge is 2.60. The van der Waals surface area contributed by atoms with Crippen LogP contribution in [-0.2, 0) is 27.3 Å². The molecule has 0 bridgehead atoms. The van der Waals surface area contributed by atoms with Gasteiger partial charge >= 0.3 is 0 Å². The number of Topliss-reactive ketones (excluding diaryl/α,β-unsaturated/α-hetero) is 2. The first-order valence-corrected chi connectivity index (χ1v) is 14.8. The van der Waals surface area contributed by atoms with E-state index in [1.54, 1.807) is 13.2 Å². The topological polar surface area (TPSA) is 179 Å². The van der Waals surface area contributed by atoms with Crippen LogP contribution in [0.3, 0.4) is 0 Å². The highest BCUT2D eigenvalue weighted by molar-refractivity contribution is 6.22. The maximum Gasteiger partial charge on any atom is 0.255 e. The second-order valence-electron chi connectivity index (χ2n) is 12.1. The van der Waals surface area contributed by atoms with Crippen molar-refractivity contribution < 1.29 is 39.5 Å². The number of ketones is 2. The second kappa shape index (κ2) is 10.8. The number of fused-ring (bicyclic) bond motifs is 3. The van der Waals surface area contributed by atoms with Gasteiger partial charge in [0, 0.05) is 36.1 Å². The fourth-order valence-electron chi connectivity index (χ4n) is 7.52. The van der Waals surface area contributed by atoms with Crippen molar-refractivity contribution in [3.8, 4) is 22.6 Å². The van der Waals surface area contributed by atoms with E-state index in [9.17, 15) is 34.8 Å². The molecule has 1 amide bonds. The number of rotatable bonds is 6. The lowest BCUT2D eigenvalue weighted by Crippen LogP contribution is -2.58. The summed E-state index contributed by atoms with van der Waals surface area (Å²) in [5, 5.41) is 48.3. The first-order chi connectivity index (χ1) is 20.6. The molecule has 4 aliphatic rings. The summed E-state index contributed by atoms with van der Waals surface area (Å²) in [6, 6.07) is 9.58. The number of hydrogen-bond donors (Lipinski definition) is 6. The summed E-state index contributed by atoms with van der Waals surface area (Å²) in [5.41, 5.74) is 4.87. The number of phenols is 1. The minimum atomic E-state index is -2.59. The minimum absolute atomic E-state index is 0.0532. The lowest BCUT2D eigenvalue weighted by Gasteiger charge is -2.46. The molecule has 0 aromatic heterocycles. The Hall–Kier alpha value is -4.15. The molecule has 2 saturated carbocycles. The van der Waals surface area contributed by atoms with Crippen molar-refractivity contribution in [1.29, 1.82) is 0 Å². The average molecular weight is 589 g/mol. The molecule has 0 heterocycles. The maximum absolute atomic E-state index is 13.8. The summed E-state index contributed by atoms with van der Waals surface area (Å²) >= 11 is 0. The Morgan fingerprint density at radius 1 is 1.05 bits per heavy atom. The minimum Gasteiger partial charge on any atom is -0.508 e. The molecule has 0 spiro atoms. The lowest BCUT2D eigenvalue weighted by molar-refractivity contribution is -0.147. The molecule has 4 aliphatic carbocycles. The van der Waals surface area contributed by atoms with Gasteiger partial charge in [-0.25, -0.2) is 0 Å². The van der Waals surface area contributed by atoms with Gasteiger partial charge in [-0.2, -0.15) is 0 Å². The van der Waals surface area contributed by atoms with Crippen molar-refractivity contribution in [3.05, 3.63) is 63.9 Å². The molecule has 2 fully saturated rings. The van der Waals surface area contributed by atoms with Crippen LogP contribution >= 0.6 is 0 Å². The first-order valence-electron chi connectivity index (χ1n) is 14.8. The van der Waals surface area contributed by atoms with E-state index in [2.05, 4.69) is 5.32 Å². The van der Waals surface area contributed by atoms with Gasteiger partial charge in [0.2, 0.25) is 5.78 Å². The number of methoxy groups -OCH3 is 1. The van der Waals surface area contributed by atoms with Crippen molar-refractivity contribution in [2.45, 2.75) is 69.6 Å². The molecule has 226 valence electrons. The van der Waals surface area contributed by atoms with Crippen molar-refractivity contribution >= 4 is 23.2 Å². The Labute approximate surface area is 248 Å². The highest BCUT2D eigenvalue weighted by atomic mass is 16.5. The molecule has 0 radical (unpaired) electrons. The van der Waals surface area contributed by atoms with Crippen molar-refractivity contribution in [3.63, 3.8) is 0 Å². The van der Waals surface area contributed by atoms with Crippen LogP contribution in [0.1, 0.15) is 61.6 Å². The van der Waals surface area contributed by atoms with Crippen LogP contribution in [0.4, 0.5) is 0 Å². The molecule has 43 heavy (non-hydrogen) atoms.